The Labute approximate surface area is 72.8 Å². The molecule has 3 nitrogen and oxygen atoms in total. The van der Waals surface area contributed by atoms with E-state index in [1.807, 2.05) is 12.1 Å². The average molecular weight is 165 g/mol. The highest BCUT2D eigenvalue weighted by Crippen LogP contribution is 2.12. The summed E-state index contributed by atoms with van der Waals surface area (Å²) in [4.78, 5) is 0. The molecule has 1 rings (SSSR count). The third-order valence-electron chi connectivity index (χ3n) is 1.62. The minimum atomic E-state index is 0.725. The fraction of sp³-hybridized carbons (Fsp3) is 0.333. The molecule has 5 N–H and O–H groups in total. The van der Waals surface area contributed by atoms with Crippen molar-refractivity contribution in [1.29, 1.82) is 0 Å². The molecule has 0 aliphatic rings. The summed E-state index contributed by atoms with van der Waals surface area (Å²) in [5.74, 6) is 0. The third kappa shape index (κ3) is 2.43. The largest absolute Gasteiger partial charge is 0.399 e. The van der Waals surface area contributed by atoms with Crippen LogP contribution in [0.1, 0.15) is 12.5 Å². The second kappa shape index (κ2) is 3.97. The Bertz CT molecular complexity index is 238. The lowest BCUT2D eigenvalue weighted by Crippen LogP contribution is -2.12. The summed E-state index contributed by atoms with van der Waals surface area (Å²) in [5.41, 5.74) is 13.8. The van der Waals surface area contributed by atoms with Gasteiger partial charge in [0.25, 0.3) is 0 Å². The molecule has 0 saturated carbocycles. The fourth-order valence-electron chi connectivity index (χ4n) is 1.12. The van der Waals surface area contributed by atoms with Crippen LogP contribution in [0.25, 0.3) is 0 Å². The molecule has 0 aromatic heterocycles. The number of benzene rings is 1. The lowest BCUT2D eigenvalue weighted by molar-refractivity contribution is 0.727. The van der Waals surface area contributed by atoms with Gasteiger partial charge in [-0.1, -0.05) is 6.92 Å². The molecule has 0 amide bonds. The van der Waals surface area contributed by atoms with E-state index in [1.54, 1.807) is 6.07 Å². The van der Waals surface area contributed by atoms with Crippen LogP contribution in [0.5, 0.6) is 0 Å². The number of hydrogen-bond donors (Lipinski definition) is 3. The zero-order valence-corrected chi connectivity index (χ0v) is 7.30. The van der Waals surface area contributed by atoms with E-state index in [0.29, 0.717) is 0 Å². The van der Waals surface area contributed by atoms with E-state index in [4.69, 9.17) is 11.5 Å². The smallest absolute Gasteiger partial charge is 0.0337 e. The van der Waals surface area contributed by atoms with Crippen LogP contribution in [0.15, 0.2) is 18.2 Å². The minimum absolute atomic E-state index is 0.725. The molecule has 1 aromatic rings. The van der Waals surface area contributed by atoms with Gasteiger partial charge in [-0.3, -0.25) is 0 Å². The number of nitrogen functional groups attached to an aromatic ring is 2. The van der Waals surface area contributed by atoms with Gasteiger partial charge in [-0.2, -0.15) is 0 Å². The third-order valence-corrected chi connectivity index (χ3v) is 1.62. The Morgan fingerprint density at radius 2 is 1.75 bits per heavy atom. The van der Waals surface area contributed by atoms with Gasteiger partial charge in [0.05, 0.1) is 0 Å². The van der Waals surface area contributed by atoms with Gasteiger partial charge in [-0.25, -0.2) is 0 Å². The predicted molar refractivity (Wildman–Crippen MR) is 52.6 cm³/mol. The maximum Gasteiger partial charge on any atom is 0.0337 e. The summed E-state index contributed by atoms with van der Waals surface area (Å²) < 4.78 is 0. The van der Waals surface area contributed by atoms with Gasteiger partial charge in [0.2, 0.25) is 0 Å². The second-order valence-electron chi connectivity index (χ2n) is 2.79. The first-order chi connectivity index (χ1) is 5.72. The summed E-state index contributed by atoms with van der Waals surface area (Å²) in [6, 6.07) is 5.62. The van der Waals surface area contributed by atoms with E-state index in [2.05, 4.69) is 12.2 Å². The molecule has 1 aromatic carbocycles. The van der Waals surface area contributed by atoms with Crippen molar-refractivity contribution in [2.45, 2.75) is 13.5 Å². The highest BCUT2D eigenvalue weighted by atomic mass is 14.8. The molecule has 0 aliphatic carbocycles. The number of nitrogens with one attached hydrogen (secondary N) is 1. The first-order valence-electron chi connectivity index (χ1n) is 4.08. The molecular formula is C9H15N3. The fourth-order valence-corrected chi connectivity index (χ4v) is 1.12. The van der Waals surface area contributed by atoms with E-state index in [1.165, 1.54) is 0 Å². The highest BCUT2D eigenvalue weighted by Gasteiger charge is 1.94. The monoisotopic (exact) mass is 165 g/mol. The molecule has 3 heteroatoms. The van der Waals surface area contributed by atoms with Crippen LogP contribution in [-0.4, -0.2) is 6.54 Å². The number of nitrogens with two attached hydrogens (primary N) is 2. The molecule has 0 unspecified atom stereocenters. The topological polar surface area (TPSA) is 64.1 Å². The van der Waals surface area contributed by atoms with Crippen LogP contribution in [0.2, 0.25) is 0 Å². The molecule has 0 heterocycles. The van der Waals surface area contributed by atoms with Crippen molar-refractivity contribution in [3.63, 3.8) is 0 Å². The van der Waals surface area contributed by atoms with Gasteiger partial charge in [0.1, 0.15) is 0 Å². The van der Waals surface area contributed by atoms with E-state index >= 15 is 0 Å². The van der Waals surface area contributed by atoms with Crippen LogP contribution in [0.4, 0.5) is 11.4 Å². The molecule has 0 bridgehead atoms. The van der Waals surface area contributed by atoms with Gasteiger partial charge in [-0.15, -0.1) is 0 Å². The maximum atomic E-state index is 5.62. The molecule has 66 valence electrons. The quantitative estimate of drug-likeness (QED) is 0.584. The summed E-state index contributed by atoms with van der Waals surface area (Å²) >= 11 is 0. The van der Waals surface area contributed by atoms with E-state index < -0.39 is 0 Å². The van der Waals surface area contributed by atoms with Gasteiger partial charge in [-0.05, 0) is 30.3 Å². The SMILES string of the molecule is CCNCc1cc(N)cc(N)c1. The molecule has 0 atom stereocenters. The van der Waals surface area contributed by atoms with Crippen molar-refractivity contribution >= 4 is 11.4 Å². The molecule has 0 spiro atoms. The van der Waals surface area contributed by atoms with Crippen molar-refractivity contribution in [3.05, 3.63) is 23.8 Å². The highest BCUT2D eigenvalue weighted by molar-refractivity contribution is 5.54. The van der Waals surface area contributed by atoms with Crippen molar-refractivity contribution in [2.24, 2.45) is 0 Å². The second-order valence-corrected chi connectivity index (χ2v) is 2.79. The molecule has 0 fully saturated rings. The molecular weight excluding hydrogens is 150 g/mol. The molecule has 0 radical (unpaired) electrons. The van der Waals surface area contributed by atoms with Crippen molar-refractivity contribution < 1.29 is 0 Å². The zero-order chi connectivity index (χ0) is 8.97. The van der Waals surface area contributed by atoms with Gasteiger partial charge in [0, 0.05) is 17.9 Å². The maximum absolute atomic E-state index is 5.62. The number of anilines is 2. The van der Waals surface area contributed by atoms with Gasteiger partial charge in [0.15, 0.2) is 0 Å². The van der Waals surface area contributed by atoms with Gasteiger partial charge >= 0.3 is 0 Å². The van der Waals surface area contributed by atoms with Crippen LogP contribution in [-0.2, 0) is 6.54 Å². The first-order valence-corrected chi connectivity index (χ1v) is 4.08. The van der Waals surface area contributed by atoms with Crippen LogP contribution in [0.3, 0.4) is 0 Å². The van der Waals surface area contributed by atoms with Crippen LogP contribution < -0.4 is 16.8 Å². The van der Waals surface area contributed by atoms with Crippen LogP contribution >= 0.6 is 0 Å². The molecule has 0 saturated heterocycles. The summed E-state index contributed by atoms with van der Waals surface area (Å²) in [7, 11) is 0. The van der Waals surface area contributed by atoms with Crippen molar-refractivity contribution in [3.8, 4) is 0 Å². The normalized spacial score (nSPS) is 10.1. The van der Waals surface area contributed by atoms with Crippen LogP contribution in [0, 0.1) is 0 Å². The van der Waals surface area contributed by atoms with E-state index in [0.717, 1.165) is 30.0 Å². The Kier molecular flexibility index (Phi) is 2.94. The van der Waals surface area contributed by atoms with E-state index in [9.17, 15) is 0 Å². The minimum Gasteiger partial charge on any atom is -0.399 e. The summed E-state index contributed by atoms with van der Waals surface area (Å²) in [6.45, 7) is 3.84. The number of rotatable bonds is 3. The molecule has 0 aliphatic heterocycles. The van der Waals surface area contributed by atoms with Crippen molar-refractivity contribution in [1.82, 2.24) is 5.32 Å². The summed E-state index contributed by atoms with van der Waals surface area (Å²) in [6.07, 6.45) is 0. The Morgan fingerprint density at radius 1 is 1.17 bits per heavy atom. The first kappa shape index (κ1) is 8.87. The van der Waals surface area contributed by atoms with Crippen molar-refractivity contribution in [2.75, 3.05) is 18.0 Å². The summed E-state index contributed by atoms with van der Waals surface area (Å²) in [5, 5.41) is 3.21. The molecule has 12 heavy (non-hydrogen) atoms. The lowest BCUT2D eigenvalue weighted by Gasteiger charge is -2.04. The Hall–Kier alpha value is -1.22. The standard InChI is InChI=1S/C9H15N3/c1-2-12-6-7-3-8(10)5-9(11)4-7/h3-5,12H,2,6,10-11H2,1H3. The zero-order valence-electron chi connectivity index (χ0n) is 7.30. The number of hydrogen-bond acceptors (Lipinski definition) is 3. The Morgan fingerprint density at radius 3 is 2.25 bits per heavy atom. The van der Waals surface area contributed by atoms with E-state index in [-0.39, 0.29) is 0 Å². The predicted octanol–water partition coefficient (Wildman–Crippen LogP) is 0.961. The average Bonchev–Trinajstić information content (AvgIpc) is 1.99. The van der Waals surface area contributed by atoms with Gasteiger partial charge < -0.3 is 16.8 Å². The Balaban J connectivity index is 2.72. The lowest BCUT2D eigenvalue weighted by atomic mass is 10.2.